The number of nitrogens with zero attached hydrogens (tertiary/aromatic N) is 7. The minimum Gasteiger partial charge on any atom is -0.508 e. The smallest absolute Gasteiger partial charge is 0.415 e. The molecule has 3 aliphatic rings. The molecule has 4 N–H and O–H groups in total. The molecule has 326 valence electrons. The molecule has 1 unspecified atom stereocenters. The molecule has 63 heavy (non-hydrogen) atoms. The number of esters is 1. The molecule has 0 radical (unpaired) electrons. The molecule has 17 heteroatoms. The van der Waals surface area contributed by atoms with Gasteiger partial charge >= 0.3 is 17.8 Å². The number of hydrogen-bond donors (Lipinski definition) is 4. The highest BCUT2D eigenvalue weighted by molar-refractivity contribution is 5.90. The van der Waals surface area contributed by atoms with E-state index in [2.05, 4.69) is 20.0 Å². The van der Waals surface area contributed by atoms with Gasteiger partial charge in [-0.15, -0.1) is 0 Å². The number of fused-ring (bicyclic) bond motifs is 5. The van der Waals surface area contributed by atoms with Crippen molar-refractivity contribution in [1.29, 1.82) is 0 Å². The molecule has 9 rings (SSSR count). The van der Waals surface area contributed by atoms with Crippen LogP contribution in [0.4, 0.5) is 4.79 Å². The Hall–Kier alpha value is -6.82. The zero-order valence-electron chi connectivity index (χ0n) is 35.4. The molecule has 17 nitrogen and oxygen atoms in total. The van der Waals surface area contributed by atoms with E-state index < -0.39 is 23.9 Å². The summed E-state index contributed by atoms with van der Waals surface area (Å²) >= 11 is 0. The quantitative estimate of drug-likeness (QED) is 0.141. The first kappa shape index (κ1) is 41.5. The van der Waals surface area contributed by atoms with E-state index >= 15 is 0 Å². The number of aliphatic hydroxyl groups excluding tert-OH is 1. The summed E-state index contributed by atoms with van der Waals surface area (Å²) in [5.74, 6) is -0.360. The number of piperazine rings is 1. The Kier molecular flexibility index (Phi) is 10.9. The largest absolute Gasteiger partial charge is 0.508 e. The molecule has 0 spiro atoms. The van der Waals surface area contributed by atoms with Gasteiger partial charge in [0, 0.05) is 75.4 Å². The van der Waals surface area contributed by atoms with Crippen LogP contribution in [0.5, 0.6) is 17.2 Å². The zero-order valence-corrected chi connectivity index (χ0v) is 35.4. The fourth-order valence-corrected chi connectivity index (χ4v) is 8.85. The lowest BCUT2D eigenvalue weighted by atomic mass is 9.97. The van der Waals surface area contributed by atoms with Crippen molar-refractivity contribution in [2.45, 2.75) is 58.9 Å². The van der Waals surface area contributed by atoms with Crippen LogP contribution in [0.15, 0.2) is 70.3 Å². The second kappa shape index (κ2) is 16.5. The van der Waals surface area contributed by atoms with Gasteiger partial charge in [-0.1, -0.05) is 32.9 Å². The van der Waals surface area contributed by atoms with Crippen molar-refractivity contribution in [3.63, 3.8) is 0 Å². The second-order valence-electron chi connectivity index (χ2n) is 16.7. The molecule has 1 saturated heterocycles. The fourth-order valence-electron chi connectivity index (χ4n) is 8.85. The lowest BCUT2D eigenvalue weighted by Crippen LogP contribution is -2.48. The average molecular weight is 857 g/mol. The average Bonchev–Trinajstić information content (AvgIpc) is 3.84. The molecule has 1 fully saturated rings. The number of H-pyrrole nitrogens is 1. The maximum Gasteiger partial charge on any atom is 0.415 e. The standard InChI is InChI=1S/C46H48N8O9/c1-5-29-31-18-28(10-11-36(31)47-40-34(29)23-53-37(40)20-32-35(43(53)58)24-62-44(59)41(32)57)63-46(61)50(4)12-13-51-14-16-52(17-15-51)22-26-6-8-27(9-7-26)54-42(48-49-45(54)60)33-19-30(25(2)3)38(55)21-39(33)56/h6-11,18-21,25,41,55-57H,5,12-17,22-24H2,1-4H3,(H,49,60). The van der Waals surface area contributed by atoms with Crippen molar-refractivity contribution in [3.05, 3.63) is 115 Å². The van der Waals surface area contributed by atoms with Crippen molar-refractivity contribution < 1.29 is 34.4 Å². The van der Waals surface area contributed by atoms with E-state index in [1.165, 1.54) is 10.6 Å². The van der Waals surface area contributed by atoms with Crippen molar-refractivity contribution in [1.82, 2.24) is 39.0 Å². The number of carbonyl (C=O) groups excluding carboxylic acids is 2. The highest BCUT2D eigenvalue weighted by Gasteiger charge is 2.35. The summed E-state index contributed by atoms with van der Waals surface area (Å²) in [7, 11) is 1.72. The molecule has 1 atom stereocenters. The third-order valence-electron chi connectivity index (χ3n) is 12.4. The fraction of sp³-hybridized carbons (Fsp3) is 0.348. The molecular weight excluding hydrogens is 809 g/mol. The molecule has 0 bridgehead atoms. The number of rotatable bonds is 10. The summed E-state index contributed by atoms with van der Waals surface area (Å²) in [4.78, 5) is 62.8. The number of benzene rings is 3. The van der Waals surface area contributed by atoms with Crippen LogP contribution < -0.4 is 16.0 Å². The number of amides is 1. The van der Waals surface area contributed by atoms with Crippen molar-refractivity contribution in [3.8, 4) is 45.7 Å². The number of ether oxygens (including phenoxy) is 2. The van der Waals surface area contributed by atoms with Crippen LogP contribution in [0.25, 0.3) is 39.4 Å². The van der Waals surface area contributed by atoms with Crippen LogP contribution in [0.3, 0.4) is 0 Å². The molecule has 0 aliphatic carbocycles. The number of phenols is 2. The van der Waals surface area contributed by atoms with E-state index in [0.29, 0.717) is 59.0 Å². The number of aliphatic hydroxyl groups is 1. The zero-order chi connectivity index (χ0) is 44.3. The van der Waals surface area contributed by atoms with E-state index in [-0.39, 0.29) is 53.1 Å². The summed E-state index contributed by atoms with van der Waals surface area (Å²) in [6.45, 7) is 11.2. The van der Waals surface area contributed by atoms with Gasteiger partial charge in [-0.2, -0.15) is 5.10 Å². The Morgan fingerprint density at radius 2 is 1.71 bits per heavy atom. The van der Waals surface area contributed by atoms with Gasteiger partial charge in [0.25, 0.3) is 5.56 Å². The summed E-state index contributed by atoms with van der Waals surface area (Å²) in [5.41, 5.74) is 6.08. The van der Waals surface area contributed by atoms with Crippen LogP contribution in [-0.2, 0) is 35.6 Å². The number of hydrogen-bond acceptors (Lipinski definition) is 13. The van der Waals surface area contributed by atoms with Gasteiger partial charge in [0.2, 0.25) is 0 Å². The van der Waals surface area contributed by atoms with E-state index in [4.69, 9.17) is 14.5 Å². The van der Waals surface area contributed by atoms with Gasteiger partial charge in [0.1, 0.15) is 23.9 Å². The van der Waals surface area contributed by atoms with Crippen molar-refractivity contribution in [2.24, 2.45) is 0 Å². The number of nitrogens with one attached hydrogen (secondary N) is 1. The lowest BCUT2D eigenvalue weighted by Gasteiger charge is -2.35. The van der Waals surface area contributed by atoms with E-state index in [1.54, 1.807) is 40.8 Å². The van der Waals surface area contributed by atoms with Gasteiger partial charge in [-0.25, -0.2) is 29.0 Å². The molecule has 1 amide bonds. The summed E-state index contributed by atoms with van der Waals surface area (Å²) < 4.78 is 13.9. The van der Waals surface area contributed by atoms with Gasteiger partial charge in [0.05, 0.1) is 40.3 Å². The third kappa shape index (κ3) is 7.61. The summed E-state index contributed by atoms with van der Waals surface area (Å²) in [5, 5.41) is 39.0. The van der Waals surface area contributed by atoms with E-state index in [1.807, 2.05) is 51.1 Å². The predicted molar refractivity (Wildman–Crippen MR) is 232 cm³/mol. The van der Waals surface area contributed by atoms with Gasteiger partial charge in [0.15, 0.2) is 11.9 Å². The number of aromatic hydroxyl groups is 2. The molecule has 0 saturated carbocycles. The summed E-state index contributed by atoms with van der Waals surface area (Å²) in [6.07, 6.45) is -1.37. The van der Waals surface area contributed by atoms with Crippen molar-refractivity contribution in [2.75, 3.05) is 46.3 Å². The number of aromatic nitrogens is 5. The number of aromatic amines is 1. The Labute approximate surface area is 361 Å². The first-order valence-corrected chi connectivity index (χ1v) is 21.1. The molecule has 3 aliphatic heterocycles. The Morgan fingerprint density at radius 3 is 2.44 bits per heavy atom. The monoisotopic (exact) mass is 856 g/mol. The highest BCUT2D eigenvalue weighted by atomic mass is 16.6. The van der Waals surface area contributed by atoms with Crippen LogP contribution in [0.1, 0.15) is 66.2 Å². The van der Waals surface area contributed by atoms with Crippen LogP contribution in [0, 0.1) is 0 Å². The number of pyridine rings is 2. The minimum absolute atomic E-state index is 0.00969. The maximum absolute atomic E-state index is 13.5. The Bertz CT molecular complexity index is 2910. The minimum atomic E-state index is -1.53. The lowest BCUT2D eigenvalue weighted by molar-refractivity contribution is -0.157. The van der Waals surface area contributed by atoms with Gasteiger partial charge < -0.3 is 34.3 Å². The first-order valence-electron chi connectivity index (χ1n) is 21.1. The van der Waals surface area contributed by atoms with Crippen molar-refractivity contribution >= 4 is 23.0 Å². The number of likely N-dealkylation sites (N-methyl/N-ethyl adjacent to an activating group) is 1. The molecule has 6 aromatic rings. The van der Waals surface area contributed by atoms with Crippen LogP contribution >= 0.6 is 0 Å². The maximum atomic E-state index is 13.5. The first-order chi connectivity index (χ1) is 30.3. The second-order valence-corrected chi connectivity index (χ2v) is 16.7. The number of carbonyl (C=O) groups is 2. The van der Waals surface area contributed by atoms with Crippen LogP contribution in [-0.4, -0.2) is 113 Å². The normalized spacial score (nSPS) is 16.2. The highest BCUT2D eigenvalue weighted by Crippen LogP contribution is 2.40. The Morgan fingerprint density at radius 1 is 0.968 bits per heavy atom. The van der Waals surface area contributed by atoms with Gasteiger partial charge in [-0.3, -0.25) is 14.6 Å². The molecule has 3 aromatic carbocycles. The van der Waals surface area contributed by atoms with Gasteiger partial charge in [-0.05, 0) is 71.5 Å². The number of aryl methyl sites for hydroxylation is 1. The number of phenolic OH excluding ortho intramolecular Hbond substituents is 2. The van der Waals surface area contributed by atoms with E-state index in [9.17, 15) is 34.5 Å². The third-order valence-corrected chi connectivity index (χ3v) is 12.4. The van der Waals surface area contributed by atoms with Crippen LogP contribution in [0.2, 0.25) is 0 Å². The molecule has 6 heterocycles. The predicted octanol–water partition coefficient (Wildman–Crippen LogP) is 4.40. The molecule has 3 aromatic heterocycles. The Balaban J connectivity index is 0.793. The van der Waals surface area contributed by atoms with E-state index in [0.717, 1.165) is 54.8 Å². The topological polar surface area (TPSA) is 209 Å². The summed E-state index contributed by atoms with van der Waals surface area (Å²) in [6, 6.07) is 17.6. The SMILES string of the molecule is CCc1c2c(nc3ccc(OC(=O)N(C)CCN4CCN(Cc5ccc(-n6c(-c7cc(C(C)C)c(O)cc7O)n[nH]c6=O)cc5)CC4)cc13)-c1cc3c(c(=O)n1C2)COC(=O)C3O. The number of cyclic esters (lactones) is 1. The molecular formula is C46H48N8O9.